The molecule has 2 atom stereocenters. The van der Waals surface area contributed by atoms with E-state index in [0.29, 0.717) is 11.3 Å². The molecule has 112 valence electrons. The van der Waals surface area contributed by atoms with E-state index in [2.05, 4.69) is 26.1 Å². The fraction of sp³-hybridized carbons (Fsp3) is 0.933. The van der Waals surface area contributed by atoms with E-state index in [1.807, 2.05) is 11.8 Å². The molecule has 0 heterocycles. The highest BCUT2D eigenvalue weighted by molar-refractivity contribution is 7.99. The topological polar surface area (TPSA) is 38.3 Å². The van der Waals surface area contributed by atoms with Gasteiger partial charge in [0, 0.05) is 11.3 Å². The number of carbonyl (C=O) groups excluding carboxylic acids is 1. The Morgan fingerprint density at radius 3 is 2.79 bits per heavy atom. The van der Waals surface area contributed by atoms with Gasteiger partial charge in [0.25, 0.3) is 0 Å². The van der Waals surface area contributed by atoms with Gasteiger partial charge in [0.05, 0.1) is 7.11 Å². The largest absolute Gasteiger partial charge is 0.468 e. The smallest absolute Gasteiger partial charge is 0.326 e. The number of carbonyl (C=O) groups is 1. The number of thioether (sulfide) groups is 1. The average Bonchev–Trinajstić information content (AvgIpc) is 2.77. The molecule has 0 aromatic heterocycles. The number of methoxy groups -OCH3 is 1. The highest BCUT2D eigenvalue weighted by Gasteiger charge is 2.46. The second kappa shape index (κ2) is 8.15. The molecule has 1 aliphatic carbocycles. The predicted molar refractivity (Wildman–Crippen MR) is 82.6 cm³/mol. The Labute approximate surface area is 122 Å². The molecule has 19 heavy (non-hydrogen) atoms. The van der Waals surface area contributed by atoms with Crippen molar-refractivity contribution in [3.8, 4) is 0 Å². The van der Waals surface area contributed by atoms with Crippen molar-refractivity contribution in [3.63, 3.8) is 0 Å². The molecule has 0 amide bonds. The van der Waals surface area contributed by atoms with Gasteiger partial charge in [-0.15, -0.1) is 0 Å². The number of hydrogen-bond acceptors (Lipinski definition) is 4. The van der Waals surface area contributed by atoms with Crippen LogP contribution in [0.4, 0.5) is 0 Å². The Bertz CT molecular complexity index is 283. The van der Waals surface area contributed by atoms with Crippen LogP contribution < -0.4 is 5.32 Å². The van der Waals surface area contributed by atoms with Crippen LogP contribution in [-0.2, 0) is 9.53 Å². The molecule has 0 aromatic carbocycles. The Kier molecular flexibility index (Phi) is 7.22. The second-order valence-electron chi connectivity index (χ2n) is 5.82. The zero-order valence-electron chi connectivity index (χ0n) is 12.8. The van der Waals surface area contributed by atoms with E-state index in [1.54, 1.807) is 0 Å². The summed E-state index contributed by atoms with van der Waals surface area (Å²) in [4.78, 5) is 12.1. The van der Waals surface area contributed by atoms with Crippen LogP contribution in [0.3, 0.4) is 0 Å². The van der Waals surface area contributed by atoms with Crippen molar-refractivity contribution in [1.29, 1.82) is 0 Å². The van der Waals surface area contributed by atoms with Gasteiger partial charge in [0.1, 0.15) is 5.54 Å². The van der Waals surface area contributed by atoms with E-state index in [-0.39, 0.29) is 5.97 Å². The number of rotatable bonds is 8. The van der Waals surface area contributed by atoms with Crippen molar-refractivity contribution in [2.24, 2.45) is 0 Å². The summed E-state index contributed by atoms with van der Waals surface area (Å²) in [5.41, 5.74) is -0.439. The number of nitrogens with one attached hydrogen (secondary N) is 1. The summed E-state index contributed by atoms with van der Waals surface area (Å²) >= 11 is 2.03. The standard InChI is InChI=1S/C15H29NO2S/c1-5-6-7-10-19-13-8-9-15(11-13,14(17)18-4)16-12(2)3/h12-13,16H,5-11H2,1-4H3. The number of hydrogen-bond donors (Lipinski definition) is 1. The zero-order valence-corrected chi connectivity index (χ0v) is 13.6. The molecule has 0 radical (unpaired) electrons. The summed E-state index contributed by atoms with van der Waals surface area (Å²) < 4.78 is 5.02. The summed E-state index contributed by atoms with van der Waals surface area (Å²) in [6.45, 7) is 6.41. The van der Waals surface area contributed by atoms with Crippen LogP contribution in [0.5, 0.6) is 0 Å². The molecule has 0 saturated heterocycles. The lowest BCUT2D eigenvalue weighted by atomic mass is 9.96. The minimum Gasteiger partial charge on any atom is -0.468 e. The molecular weight excluding hydrogens is 258 g/mol. The van der Waals surface area contributed by atoms with Crippen molar-refractivity contribution >= 4 is 17.7 Å². The van der Waals surface area contributed by atoms with Crippen LogP contribution in [0.1, 0.15) is 59.3 Å². The van der Waals surface area contributed by atoms with Gasteiger partial charge < -0.3 is 4.74 Å². The molecular formula is C15H29NO2S. The van der Waals surface area contributed by atoms with E-state index < -0.39 is 5.54 Å². The first-order valence-electron chi connectivity index (χ1n) is 7.51. The fourth-order valence-electron chi connectivity index (χ4n) is 2.87. The Hall–Kier alpha value is -0.220. The molecule has 0 bridgehead atoms. The molecule has 0 aromatic rings. The summed E-state index contributed by atoms with van der Waals surface area (Å²) in [5, 5.41) is 4.05. The van der Waals surface area contributed by atoms with Crippen molar-refractivity contribution in [2.75, 3.05) is 12.9 Å². The Morgan fingerprint density at radius 2 is 2.21 bits per heavy atom. The molecule has 2 unspecified atom stereocenters. The van der Waals surface area contributed by atoms with Crippen LogP contribution >= 0.6 is 11.8 Å². The van der Waals surface area contributed by atoms with Crippen LogP contribution in [0.25, 0.3) is 0 Å². The lowest BCUT2D eigenvalue weighted by molar-refractivity contribution is -0.148. The molecule has 1 aliphatic rings. The monoisotopic (exact) mass is 287 g/mol. The van der Waals surface area contributed by atoms with E-state index >= 15 is 0 Å². The van der Waals surface area contributed by atoms with Crippen LogP contribution in [0, 0.1) is 0 Å². The minimum atomic E-state index is -0.439. The van der Waals surface area contributed by atoms with Crippen molar-refractivity contribution in [1.82, 2.24) is 5.32 Å². The van der Waals surface area contributed by atoms with Crippen molar-refractivity contribution in [3.05, 3.63) is 0 Å². The number of unbranched alkanes of at least 4 members (excludes halogenated alkanes) is 2. The normalized spacial score (nSPS) is 26.9. The maximum atomic E-state index is 12.1. The third kappa shape index (κ3) is 4.99. The highest BCUT2D eigenvalue weighted by Crippen LogP contribution is 2.38. The van der Waals surface area contributed by atoms with Gasteiger partial charge in [-0.1, -0.05) is 19.8 Å². The predicted octanol–water partition coefficient (Wildman–Crippen LogP) is 3.37. The van der Waals surface area contributed by atoms with Crippen LogP contribution in [-0.4, -0.2) is 35.7 Å². The van der Waals surface area contributed by atoms with Gasteiger partial charge >= 0.3 is 5.97 Å². The average molecular weight is 287 g/mol. The van der Waals surface area contributed by atoms with Gasteiger partial charge in [0.2, 0.25) is 0 Å². The summed E-state index contributed by atoms with van der Waals surface area (Å²) in [6, 6.07) is 0.308. The molecule has 3 nitrogen and oxygen atoms in total. The third-order valence-electron chi connectivity index (χ3n) is 3.71. The molecule has 0 aliphatic heterocycles. The first kappa shape index (κ1) is 16.8. The first-order valence-corrected chi connectivity index (χ1v) is 8.56. The lowest BCUT2D eigenvalue weighted by Gasteiger charge is -2.30. The Morgan fingerprint density at radius 1 is 1.47 bits per heavy atom. The van der Waals surface area contributed by atoms with Gasteiger partial charge in [0.15, 0.2) is 0 Å². The fourth-order valence-corrected chi connectivity index (χ4v) is 4.26. The maximum Gasteiger partial charge on any atom is 0.326 e. The first-order chi connectivity index (χ1) is 9.04. The summed E-state index contributed by atoms with van der Waals surface area (Å²) in [5.74, 6) is 1.13. The van der Waals surface area contributed by atoms with Crippen molar-refractivity contribution in [2.45, 2.75) is 76.1 Å². The second-order valence-corrected chi connectivity index (χ2v) is 7.22. The zero-order chi connectivity index (χ0) is 14.3. The molecule has 1 rings (SSSR count). The maximum absolute atomic E-state index is 12.1. The van der Waals surface area contributed by atoms with Gasteiger partial charge in [-0.2, -0.15) is 11.8 Å². The number of ether oxygens (including phenoxy) is 1. The SMILES string of the molecule is CCCCCSC1CCC(NC(C)C)(C(=O)OC)C1. The molecule has 1 fully saturated rings. The van der Waals surface area contributed by atoms with E-state index in [9.17, 15) is 4.79 Å². The molecule has 1 N–H and O–H groups in total. The third-order valence-corrected chi connectivity index (χ3v) is 5.11. The van der Waals surface area contributed by atoms with E-state index in [0.717, 1.165) is 19.3 Å². The Balaban J connectivity index is 2.49. The lowest BCUT2D eigenvalue weighted by Crippen LogP contribution is -2.53. The summed E-state index contributed by atoms with van der Waals surface area (Å²) in [7, 11) is 1.49. The van der Waals surface area contributed by atoms with E-state index in [1.165, 1.54) is 32.1 Å². The summed E-state index contributed by atoms with van der Waals surface area (Å²) in [6.07, 6.45) is 6.81. The highest BCUT2D eigenvalue weighted by atomic mass is 32.2. The van der Waals surface area contributed by atoms with E-state index in [4.69, 9.17) is 4.74 Å². The molecule has 1 saturated carbocycles. The minimum absolute atomic E-state index is 0.0853. The molecule has 0 spiro atoms. The van der Waals surface area contributed by atoms with Crippen LogP contribution in [0.15, 0.2) is 0 Å². The van der Waals surface area contributed by atoms with Crippen LogP contribution in [0.2, 0.25) is 0 Å². The van der Waals surface area contributed by atoms with Gasteiger partial charge in [-0.3, -0.25) is 10.1 Å². The van der Waals surface area contributed by atoms with Gasteiger partial charge in [-0.25, -0.2) is 0 Å². The number of esters is 1. The van der Waals surface area contributed by atoms with Crippen molar-refractivity contribution < 1.29 is 9.53 Å². The quantitative estimate of drug-likeness (QED) is 0.549. The molecule has 4 heteroatoms. The van der Waals surface area contributed by atoms with Gasteiger partial charge in [-0.05, 0) is 45.3 Å².